The first-order valence-corrected chi connectivity index (χ1v) is 6.77. The van der Waals surface area contributed by atoms with Gasteiger partial charge in [-0.15, -0.1) is 0 Å². The van der Waals surface area contributed by atoms with E-state index in [0.717, 1.165) is 18.7 Å². The van der Waals surface area contributed by atoms with Crippen LogP contribution < -0.4 is 0 Å². The van der Waals surface area contributed by atoms with Gasteiger partial charge in [0.05, 0.1) is 0 Å². The van der Waals surface area contributed by atoms with E-state index in [9.17, 15) is 0 Å². The van der Waals surface area contributed by atoms with E-state index in [0.29, 0.717) is 0 Å². The maximum Gasteiger partial charge on any atom is 0.132 e. The molecule has 0 unspecified atom stereocenters. The molecule has 2 nitrogen and oxygen atoms in total. The summed E-state index contributed by atoms with van der Waals surface area (Å²) in [6, 6.07) is 0. The molecule has 0 aliphatic carbocycles. The molecule has 0 radical (unpaired) electrons. The summed E-state index contributed by atoms with van der Waals surface area (Å²) in [5.41, 5.74) is 2.70. The Labute approximate surface area is 105 Å². The molecule has 0 amide bonds. The Morgan fingerprint density at radius 3 is 2.35 bits per heavy atom. The average molecular weight is 232 g/mol. The van der Waals surface area contributed by atoms with E-state index >= 15 is 0 Å². The molecule has 94 valence electrons. The molecule has 0 aliphatic rings. The zero-order chi connectivity index (χ0) is 12.5. The number of rotatable bonds is 7. The third-order valence-electron chi connectivity index (χ3n) is 2.85. The largest absolute Gasteiger partial charge is 0.241 e. The molecular weight excluding hydrogens is 208 g/mol. The number of hydrogen-bond donors (Lipinski definition) is 0. The lowest BCUT2D eigenvalue weighted by molar-refractivity contribution is 0.816. The quantitative estimate of drug-likeness (QED) is 0.661. The third-order valence-corrected chi connectivity index (χ3v) is 2.85. The van der Waals surface area contributed by atoms with E-state index in [4.69, 9.17) is 0 Å². The number of aromatic nitrogens is 2. The summed E-state index contributed by atoms with van der Waals surface area (Å²) in [5, 5.41) is 0. The van der Waals surface area contributed by atoms with Gasteiger partial charge in [0.2, 0.25) is 0 Å². The fraction of sp³-hybridized carbons (Fsp3) is 0.600. The second-order valence-corrected chi connectivity index (χ2v) is 4.44. The van der Waals surface area contributed by atoms with Gasteiger partial charge >= 0.3 is 0 Å². The highest BCUT2D eigenvalue weighted by Gasteiger charge is 2.02. The van der Waals surface area contributed by atoms with Gasteiger partial charge in [0.15, 0.2) is 0 Å². The Kier molecular flexibility index (Phi) is 6.53. The van der Waals surface area contributed by atoms with Crippen molar-refractivity contribution in [3.05, 3.63) is 35.4 Å². The molecule has 0 atom stereocenters. The van der Waals surface area contributed by atoms with Gasteiger partial charge in [-0.05, 0) is 24.8 Å². The number of aryl methyl sites for hydroxylation is 1. The monoisotopic (exact) mass is 232 g/mol. The fourth-order valence-electron chi connectivity index (χ4n) is 1.79. The van der Waals surface area contributed by atoms with E-state index in [1.165, 1.54) is 36.8 Å². The first-order chi connectivity index (χ1) is 8.30. The van der Waals surface area contributed by atoms with Gasteiger partial charge in [-0.2, -0.15) is 0 Å². The highest BCUT2D eigenvalue weighted by molar-refractivity contribution is 5.12. The summed E-state index contributed by atoms with van der Waals surface area (Å²) < 4.78 is 0. The lowest BCUT2D eigenvalue weighted by atomic mass is 10.0. The van der Waals surface area contributed by atoms with E-state index in [1.54, 1.807) is 0 Å². The van der Waals surface area contributed by atoms with Crippen LogP contribution in [0.5, 0.6) is 0 Å². The molecular formula is C15H24N2. The van der Waals surface area contributed by atoms with Crippen LogP contribution in [0.1, 0.15) is 57.8 Å². The highest BCUT2D eigenvalue weighted by Crippen LogP contribution is 2.12. The molecule has 0 aromatic carbocycles. The van der Waals surface area contributed by atoms with Crippen LogP contribution in [0.25, 0.3) is 0 Å². The van der Waals surface area contributed by atoms with Gasteiger partial charge in [-0.3, -0.25) is 0 Å². The van der Waals surface area contributed by atoms with Crippen molar-refractivity contribution in [3.63, 3.8) is 0 Å². The molecule has 0 aliphatic heterocycles. The molecule has 17 heavy (non-hydrogen) atoms. The van der Waals surface area contributed by atoms with Crippen molar-refractivity contribution in [2.75, 3.05) is 0 Å². The molecule has 0 saturated heterocycles. The average Bonchev–Trinajstić information content (AvgIpc) is 2.37. The van der Waals surface area contributed by atoms with Crippen LogP contribution >= 0.6 is 0 Å². The van der Waals surface area contributed by atoms with Gasteiger partial charge in [0, 0.05) is 18.8 Å². The SMILES string of the molecule is CCC/C=C(\CCC)Cc1ncc(CC)cn1. The van der Waals surface area contributed by atoms with Crippen molar-refractivity contribution in [1.29, 1.82) is 0 Å². The molecule has 0 spiro atoms. The number of nitrogens with zero attached hydrogens (tertiary/aromatic N) is 2. The van der Waals surface area contributed by atoms with Gasteiger partial charge in [-0.25, -0.2) is 9.97 Å². The number of hydrogen-bond acceptors (Lipinski definition) is 2. The van der Waals surface area contributed by atoms with Crippen LogP contribution in [0.15, 0.2) is 24.0 Å². The molecule has 0 N–H and O–H groups in total. The Bertz CT molecular complexity index is 338. The molecule has 1 rings (SSSR count). The summed E-state index contributed by atoms with van der Waals surface area (Å²) in [7, 11) is 0. The molecule has 2 heteroatoms. The highest BCUT2D eigenvalue weighted by atomic mass is 14.9. The molecule has 1 aromatic heterocycles. The minimum absolute atomic E-state index is 0.915. The Balaban J connectivity index is 2.64. The standard InChI is InChI=1S/C15H24N2/c1-4-7-9-14(8-5-2)10-15-16-11-13(6-3)12-17-15/h9,11-12H,4-8,10H2,1-3H3/b14-9+. The van der Waals surface area contributed by atoms with Crippen molar-refractivity contribution in [3.8, 4) is 0 Å². The first kappa shape index (κ1) is 13.9. The Morgan fingerprint density at radius 2 is 1.82 bits per heavy atom. The maximum absolute atomic E-state index is 4.43. The van der Waals surface area contributed by atoms with Gasteiger partial charge in [0.25, 0.3) is 0 Å². The molecule has 1 aromatic rings. The van der Waals surface area contributed by atoms with Gasteiger partial charge in [0.1, 0.15) is 5.82 Å². The van der Waals surface area contributed by atoms with E-state index in [1.807, 2.05) is 12.4 Å². The first-order valence-electron chi connectivity index (χ1n) is 6.77. The Morgan fingerprint density at radius 1 is 1.12 bits per heavy atom. The van der Waals surface area contributed by atoms with Crippen molar-refractivity contribution in [2.24, 2.45) is 0 Å². The summed E-state index contributed by atoms with van der Waals surface area (Å²) in [5.74, 6) is 0.956. The second kappa shape index (κ2) is 7.99. The van der Waals surface area contributed by atoms with Crippen molar-refractivity contribution < 1.29 is 0 Å². The lowest BCUT2D eigenvalue weighted by Crippen LogP contribution is -1.99. The van der Waals surface area contributed by atoms with Crippen LogP contribution in [-0.4, -0.2) is 9.97 Å². The van der Waals surface area contributed by atoms with Crippen molar-refractivity contribution in [1.82, 2.24) is 9.97 Å². The fourth-order valence-corrected chi connectivity index (χ4v) is 1.79. The molecule has 0 fully saturated rings. The lowest BCUT2D eigenvalue weighted by Gasteiger charge is -2.06. The molecule has 0 saturated carbocycles. The topological polar surface area (TPSA) is 25.8 Å². The number of allylic oxidation sites excluding steroid dienone is 2. The maximum atomic E-state index is 4.43. The predicted octanol–water partition coefficient (Wildman–Crippen LogP) is 4.11. The number of unbranched alkanes of at least 4 members (excludes halogenated alkanes) is 1. The van der Waals surface area contributed by atoms with Crippen LogP contribution in [0.3, 0.4) is 0 Å². The summed E-state index contributed by atoms with van der Waals surface area (Å²) in [4.78, 5) is 8.86. The normalized spacial score (nSPS) is 11.8. The zero-order valence-corrected chi connectivity index (χ0v) is 11.4. The second-order valence-electron chi connectivity index (χ2n) is 4.44. The van der Waals surface area contributed by atoms with Gasteiger partial charge < -0.3 is 0 Å². The minimum atomic E-state index is 0.915. The smallest absolute Gasteiger partial charge is 0.132 e. The van der Waals surface area contributed by atoms with Gasteiger partial charge in [-0.1, -0.05) is 45.3 Å². The molecule has 0 bridgehead atoms. The van der Waals surface area contributed by atoms with Crippen LogP contribution in [0, 0.1) is 0 Å². The zero-order valence-electron chi connectivity index (χ0n) is 11.4. The minimum Gasteiger partial charge on any atom is -0.241 e. The van der Waals surface area contributed by atoms with Crippen LogP contribution in [-0.2, 0) is 12.8 Å². The van der Waals surface area contributed by atoms with E-state index < -0.39 is 0 Å². The Hall–Kier alpha value is -1.18. The third kappa shape index (κ3) is 5.12. The predicted molar refractivity (Wildman–Crippen MR) is 73.0 cm³/mol. The van der Waals surface area contributed by atoms with Crippen molar-refractivity contribution in [2.45, 2.75) is 59.3 Å². The van der Waals surface area contributed by atoms with E-state index in [-0.39, 0.29) is 0 Å². The summed E-state index contributed by atoms with van der Waals surface area (Å²) >= 11 is 0. The van der Waals surface area contributed by atoms with Crippen molar-refractivity contribution >= 4 is 0 Å². The molecule has 1 heterocycles. The van der Waals surface area contributed by atoms with Crippen LogP contribution in [0.4, 0.5) is 0 Å². The summed E-state index contributed by atoms with van der Waals surface area (Å²) in [6.45, 7) is 6.56. The van der Waals surface area contributed by atoms with E-state index in [2.05, 4.69) is 36.8 Å². The summed E-state index contributed by atoms with van der Waals surface area (Å²) in [6.07, 6.45) is 12.9. The van der Waals surface area contributed by atoms with Crippen LogP contribution in [0.2, 0.25) is 0 Å².